The second-order valence-electron chi connectivity index (χ2n) is 8.47. The molecule has 1 aliphatic heterocycles. The summed E-state index contributed by atoms with van der Waals surface area (Å²) < 4.78 is 6.02. The Morgan fingerprint density at radius 1 is 1.06 bits per heavy atom. The topological polar surface area (TPSA) is 114 Å². The predicted octanol–water partition coefficient (Wildman–Crippen LogP) is 3.05. The number of nitrogens with zero attached hydrogens (tertiary/aromatic N) is 1. The van der Waals surface area contributed by atoms with Crippen molar-refractivity contribution in [1.82, 2.24) is 0 Å². The number of ether oxygens (including phenoxy) is 1. The average molecular weight is 458 g/mol. The van der Waals surface area contributed by atoms with Gasteiger partial charge in [0.25, 0.3) is 0 Å². The Bertz CT molecular complexity index is 900. The van der Waals surface area contributed by atoms with E-state index in [1.807, 2.05) is 12.3 Å². The Kier molecular flexibility index (Phi) is 8.99. The molecule has 7 heteroatoms. The van der Waals surface area contributed by atoms with E-state index in [2.05, 4.69) is 48.3 Å². The third kappa shape index (κ3) is 6.72. The molecule has 0 bridgehead atoms. The molecule has 174 valence electrons. The molecular weight excluding hydrogens is 422 g/mol. The molecule has 6 N–H and O–H groups in total. The molecule has 0 aromatic heterocycles. The van der Waals surface area contributed by atoms with Gasteiger partial charge in [-0.05, 0) is 66.7 Å². The standard InChI is InChI=1S/C25H35N3O3S/c1-16-6-11-19(23-21(29)15-22(30)24(31-23)32-2)14-20(16)13-18-9-7-17(8-10-18)5-3-4-12-28-25(26)27/h6-11,14,21-24,29-30H,3-5,12-13,15H2,1-2H3,(H4,26,27,28)/t21-,22+,23+,24-/m1/s1. The molecule has 2 aromatic carbocycles. The number of hydrogen-bond acceptors (Lipinski definition) is 5. The van der Waals surface area contributed by atoms with Crippen LogP contribution in [0.25, 0.3) is 0 Å². The summed E-state index contributed by atoms with van der Waals surface area (Å²) in [6.07, 6.45) is 4.31. The summed E-state index contributed by atoms with van der Waals surface area (Å²) in [5, 5.41) is 20.6. The molecule has 0 saturated carbocycles. The number of hydrogen-bond donors (Lipinski definition) is 4. The summed E-state index contributed by atoms with van der Waals surface area (Å²) in [4.78, 5) is 4.02. The van der Waals surface area contributed by atoms with Crippen LogP contribution in [0.2, 0.25) is 0 Å². The fraction of sp³-hybridized carbons (Fsp3) is 0.480. The van der Waals surface area contributed by atoms with Crippen molar-refractivity contribution in [2.75, 3.05) is 12.8 Å². The zero-order chi connectivity index (χ0) is 23.1. The number of unbranched alkanes of at least 4 members (excludes halogenated alkanes) is 1. The van der Waals surface area contributed by atoms with Crippen LogP contribution in [0.4, 0.5) is 0 Å². The molecule has 0 spiro atoms. The summed E-state index contributed by atoms with van der Waals surface area (Å²) in [5.74, 6) is 0.153. The van der Waals surface area contributed by atoms with E-state index in [1.165, 1.54) is 34.0 Å². The lowest BCUT2D eigenvalue weighted by atomic mass is 9.92. The van der Waals surface area contributed by atoms with E-state index in [0.29, 0.717) is 13.0 Å². The van der Waals surface area contributed by atoms with Crippen LogP contribution >= 0.6 is 11.8 Å². The van der Waals surface area contributed by atoms with Crippen molar-refractivity contribution in [3.05, 3.63) is 70.3 Å². The fourth-order valence-electron chi connectivity index (χ4n) is 4.07. The quantitative estimate of drug-likeness (QED) is 0.261. The van der Waals surface area contributed by atoms with Crippen LogP contribution in [0.1, 0.15) is 53.2 Å². The number of benzene rings is 2. The largest absolute Gasteiger partial charge is 0.390 e. The van der Waals surface area contributed by atoms with Gasteiger partial charge in [0.1, 0.15) is 11.5 Å². The Morgan fingerprint density at radius 2 is 1.78 bits per heavy atom. The SMILES string of the molecule is CS[C@H]1O[C@@H](c2ccc(C)c(Cc3ccc(CCCCN=C(N)N)cc3)c2)[C@H](O)C[C@@H]1O. The highest BCUT2D eigenvalue weighted by Gasteiger charge is 2.36. The minimum atomic E-state index is -0.713. The van der Waals surface area contributed by atoms with Gasteiger partial charge in [-0.3, -0.25) is 4.99 Å². The number of guanidine groups is 1. The van der Waals surface area contributed by atoms with Crippen molar-refractivity contribution >= 4 is 17.7 Å². The number of aliphatic hydroxyl groups excluding tert-OH is 2. The molecule has 0 radical (unpaired) electrons. The van der Waals surface area contributed by atoms with Crippen molar-refractivity contribution in [3.8, 4) is 0 Å². The molecule has 1 aliphatic rings. The zero-order valence-electron chi connectivity index (χ0n) is 18.9. The summed E-state index contributed by atoms with van der Waals surface area (Å²) in [5.41, 5.74) is 16.3. The molecule has 0 amide bonds. The third-order valence-corrected chi connectivity index (χ3v) is 6.84. The van der Waals surface area contributed by atoms with Crippen molar-refractivity contribution in [1.29, 1.82) is 0 Å². The first-order valence-corrected chi connectivity index (χ1v) is 12.4. The first kappa shape index (κ1) is 24.6. The van der Waals surface area contributed by atoms with Gasteiger partial charge in [-0.15, -0.1) is 11.8 Å². The van der Waals surface area contributed by atoms with Crippen molar-refractivity contribution < 1.29 is 14.9 Å². The first-order valence-electron chi connectivity index (χ1n) is 11.1. The van der Waals surface area contributed by atoms with Crippen LogP contribution < -0.4 is 11.5 Å². The predicted molar refractivity (Wildman–Crippen MR) is 132 cm³/mol. The van der Waals surface area contributed by atoms with Crippen LogP contribution in [0.15, 0.2) is 47.5 Å². The lowest BCUT2D eigenvalue weighted by Gasteiger charge is -2.37. The lowest BCUT2D eigenvalue weighted by Crippen LogP contribution is -2.41. The van der Waals surface area contributed by atoms with Gasteiger partial charge in [0.2, 0.25) is 0 Å². The van der Waals surface area contributed by atoms with Gasteiger partial charge < -0.3 is 26.4 Å². The van der Waals surface area contributed by atoms with Gasteiger partial charge in [-0.25, -0.2) is 0 Å². The highest BCUT2D eigenvalue weighted by atomic mass is 32.2. The Morgan fingerprint density at radius 3 is 2.47 bits per heavy atom. The van der Waals surface area contributed by atoms with E-state index < -0.39 is 18.3 Å². The van der Waals surface area contributed by atoms with E-state index in [1.54, 1.807) is 0 Å². The van der Waals surface area contributed by atoms with E-state index >= 15 is 0 Å². The normalized spacial score (nSPS) is 23.1. The van der Waals surface area contributed by atoms with Crippen LogP contribution in [-0.4, -0.2) is 46.6 Å². The molecular formula is C25H35N3O3S. The monoisotopic (exact) mass is 457 g/mol. The first-order chi connectivity index (χ1) is 15.4. The summed E-state index contributed by atoms with van der Waals surface area (Å²) in [7, 11) is 0. The summed E-state index contributed by atoms with van der Waals surface area (Å²) in [6.45, 7) is 2.78. The van der Waals surface area contributed by atoms with Crippen molar-refractivity contribution in [2.24, 2.45) is 16.5 Å². The number of aliphatic hydroxyl groups is 2. The Balaban J connectivity index is 1.63. The second-order valence-corrected chi connectivity index (χ2v) is 9.41. The van der Waals surface area contributed by atoms with Gasteiger partial charge in [0.15, 0.2) is 5.96 Å². The van der Waals surface area contributed by atoms with Gasteiger partial charge in [0, 0.05) is 13.0 Å². The van der Waals surface area contributed by atoms with E-state index in [0.717, 1.165) is 31.2 Å². The molecule has 6 nitrogen and oxygen atoms in total. The number of thioether (sulfide) groups is 1. The van der Waals surface area contributed by atoms with E-state index in [4.69, 9.17) is 16.2 Å². The van der Waals surface area contributed by atoms with E-state index in [-0.39, 0.29) is 11.4 Å². The molecule has 1 heterocycles. The zero-order valence-corrected chi connectivity index (χ0v) is 19.7. The van der Waals surface area contributed by atoms with Gasteiger partial charge in [-0.2, -0.15) is 0 Å². The highest BCUT2D eigenvalue weighted by Crippen LogP contribution is 2.36. The minimum Gasteiger partial charge on any atom is -0.390 e. The van der Waals surface area contributed by atoms with Gasteiger partial charge in [-0.1, -0.05) is 42.5 Å². The Labute approximate surface area is 195 Å². The number of aryl methyl sites for hydroxylation is 2. The lowest BCUT2D eigenvalue weighted by molar-refractivity contribution is -0.139. The molecule has 3 rings (SSSR count). The molecule has 1 fully saturated rings. The number of rotatable bonds is 9. The van der Waals surface area contributed by atoms with E-state index in [9.17, 15) is 10.2 Å². The van der Waals surface area contributed by atoms with Crippen LogP contribution in [0.3, 0.4) is 0 Å². The second kappa shape index (κ2) is 11.7. The molecule has 2 aromatic rings. The molecule has 0 unspecified atom stereocenters. The van der Waals surface area contributed by atoms with Gasteiger partial charge in [0.05, 0.1) is 12.2 Å². The fourth-order valence-corrected chi connectivity index (χ4v) is 4.73. The maximum absolute atomic E-state index is 10.5. The Hall–Kier alpha value is -2.06. The maximum atomic E-state index is 10.5. The van der Waals surface area contributed by atoms with Crippen LogP contribution in [0.5, 0.6) is 0 Å². The summed E-state index contributed by atoms with van der Waals surface area (Å²) >= 11 is 1.47. The third-order valence-electron chi connectivity index (χ3n) is 5.95. The number of nitrogens with two attached hydrogens (primary N) is 2. The number of aliphatic imine (C=N–C) groups is 1. The van der Waals surface area contributed by atoms with Crippen molar-refractivity contribution in [2.45, 2.75) is 62.8 Å². The molecule has 32 heavy (non-hydrogen) atoms. The van der Waals surface area contributed by atoms with Crippen molar-refractivity contribution in [3.63, 3.8) is 0 Å². The molecule has 4 atom stereocenters. The minimum absolute atomic E-state index is 0.153. The highest BCUT2D eigenvalue weighted by molar-refractivity contribution is 7.99. The molecule has 0 aliphatic carbocycles. The van der Waals surface area contributed by atoms with Crippen LogP contribution in [-0.2, 0) is 17.6 Å². The maximum Gasteiger partial charge on any atom is 0.185 e. The van der Waals surface area contributed by atoms with Crippen LogP contribution in [0, 0.1) is 6.92 Å². The smallest absolute Gasteiger partial charge is 0.185 e. The summed E-state index contributed by atoms with van der Waals surface area (Å²) in [6, 6.07) is 15.0. The molecule has 1 saturated heterocycles. The van der Waals surface area contributed by atoms with Gasteiger partial charge >= 0.3 is 0 Å². The average Bonchev–Trinajstić information content (AvgIpc) is 2.76.